The van der Waals surface area contributed by atoms with Gasteiger partial charge in [0.25, 0.3) is 5.91 Å². The van der Waals surface area contributed by atoms with Crippen LogP contribution in [0.15, 0.2) is 36.5 Å². The fraction of sp³-hybridized carbons (Fsp3) is 0.273. The Kier molecular flexibility index (Phi) is 5.90. The number of nitrogens with one attached hydrogen (secondary N) is 4. The molecule has 1 aromatic carbocycles. The van der Waals surface area contributed by atoms with E-state index in [1.807, 2.05) is 49.3 Å². The first-order valence-corrected chi connectivity index (χ1v) is 11.4. The third-order valence-corrected chi connectivity index (χ3v) is 6.49. The molecule has 5 rings (SSSR count). The molecule has 1 amide bonds. The molecule has 1 saturated heterocycles. The molecule has 0 radical (unpaired) electrons. The van der Waals surface area contributed by atoms with Crippen LogP contribution >= 0.6 is 11.3 Å². The van der Waals surface area contributed by atoms with Gasteiger partial charge in [-0.1, -0.05) is 11.3 Å². The van der Waals surface area contributed by atoms with E-state index in [1.54, 1.807) is 17.5 Å². The number of thiazole rings is 1. The van der Waals surface area contributed by atoms with Crippen LogP contribution in [-0.2, 0) is 4.74 Å². The monoisotopic (exact) mass is 464 g/mol. The molecular weight excluding hydrogens is 440 g/mol. The number of H-pyrrole nitrogens is 1. The highest BCUT2D eigenvalue weighted by atomic mass is 32.1. The van der Waals surface area contributed by atoms with Crippen LogP contribution in [0.3, 0.4) is 0 Å². The van der Waals surface area contributed by atoms with Gasteiger partial charge in [-0.15, -0.1) is 0 Å². The van der Waals surface area contributed by atoms with Crippen molar-refractivity contribution in [1.29, 1.82) is 0 Å². The summed E-state index contributed by atoms with van der Waals surface area (Å²) in [6.45, 7) is 4.55. The van der Waals surface area contributed by atoms with Gasteiger partial charge in [0.1, 0.15) is 5.69 Å². The molecule has 0 saturated carbocycles. The molecule has 0 aliphatic carbocycles. The lowest BCUT2D eigenvalue weighted by atomic mass is 10.2. The van der Waals surface area contributed by atoms with Crippen molar-refractivity contribution in [2.45, 2.75) is 6.92 Å². The Hall–Kier alpha value is -3.54. The zero-order chi connectivity index (χ0) is 22.8. The standard InChI is InChI=1S/C22H24N8O2S/c1-13-19(33-22(23-2)25-13)17-5-6-24-21(28-17)26-15-3-4-16-14(11-15)12-18(27-16)20(31)29-30-7-9-32-10-8-30/h3-6,11-12,27H,7-10H2,1-2H3,(H,23,25)(H,29,31)(H,24,26,28). The van der Waals surface area contributed by atoms with Gasteiger partial charge in [0.2, 0.25) is 5.95 Å². The zero-order valence-corrected chi connectivity index (χ0v) is 19.1. The van der Waals surface area contributed by atoms with Crippen LogP contribution in [0.5, 0.6) is 0 Å². The average molecular weight is 465 g/mol. The van der Waals surface area contributed by atoms with Crippen LogP contribution in [0.1, 0.15) is 16.2 Å². The minimum absolute atomic E-state index is 0.167. The van der Waals surface area contributed by atoms with Gasteiger partial charge in [-0.3, -0.25) is 10.2 Å². The zero-order valence-electron chi connectivity index (χ0n) is 18.3. The number of morpholine rings is 1. The average Bonchev–Trinajstić information content (AvgIpc) is 3.43. The van der Waals surface area contributed by atoms with Crippen molar-refractivity contribution in [1.82, 2.24) is 30.4 Å². The van der Waals surface area contributed by atoms with Crippen molar-refractivity contribution >= 4 is 44.9 Å². The number of hydrazine groups is 1. The van der Waals surface area contributed by atoms with E-state index in [0.717, 1.165) is 38.0 Å². The molecule has 1 fully saturated rings. The van der Waals surface area contributed by atoms with Gasteiger partial charge in [0, 0.05) is 42.9 Å². The molecule has 0 spiro atoms. The van der Waals surface area contributed by atoms with E-state index in [9.17, 15) is 4.79 Å². The number of benzene rings is 1. The number of carbonyl (C=O) groups is 1. The molecular formula is C22H24N8O2S. The summed E-state index contributed by atoms with van der Waals surface area (Å²) in [5.74, 6) is 0.325. The number of amides is 1. The molecule has 1 aliphatic rings. The molecule has 3 aromatic heterocycles. The molecule has 0 atom stereocenters. The number of ether oxygens (including phenoxy) is 1. The maximum absolute atomic E-state index is 12.6. The quantitative estimate of drug-likeness (QED) is 0.344. The number of nitrogens with zero attached hydrogens (tertiary/aromatic N) is 4. The second-order valence-electron chi connectivity index (χ2n) is 7.60. The highest BCUT2D eigenvalue weighted by Crippen LogP contribution is 2.32. The predicted molar refractivity (Wildman–Crippen MR) is 129 cm³/mol. The Balaban J connectivity index is 1.33. The van der Waals surface area contributed by atoms with Crippen molar-refractivity contribution < 1.29 is 9.53 Å². The van der Waals surface area contributed by atoms with Crippen LogP contribution in [0.4, 0.5) is 16.8 Å². The molecule has 0 bridgehead atoms. The Morgan fingerprint density at radius 3 is 2.82 bits per heavy atom. The van der Waals surface area contributed by atoms with Crippen LogP contribution in [0, 0.1) is 6.92 Å². The summed E-state index contributed by atoms with van der Waals surface area (Å²) in [5.41, 5.74) is 6.87. The van der Waals surface area contributed by atoms with Gasteiger partial charge >= 0.3 is 0 Å². The number of anilines is 3. The Bertz CT molecular complexity index is 1290. The lowest BCUT2D eigenvalue weighted by molar-refractivity contribution is 0.0125. The third-order valence-electron chi connectivity index (χ3n) is 5.29. The molecule has 1 aliphatic heterocycles. The summed E-state index contributed by atoms with van der Waals surface area (Å²) < 4.78 is 5.32. The number of carbonyl (C=O) groups excluding carboxylic acids is 1. The molecule has 170 valence electrons. The second-order valence-corrected chi connectivity index (χ2v) is 8.60. The van der Waals surface area contributed by atoms with Crippen molar-refractivity contribution in [2.24, 2.45) is 0 Å². The van der Waals surface area contributed by atoms with Crippen molar-refractivity contribution in [3.8, 4) is 10.6 Å². The maximum Gasteiger partial charge on any atom is 0.282 e. The summed E-state index contributed by atoms with van der Waals surface area (Å²) in [6.07, 6.45) is 1.73. The number of aromatic nitrogens is 4. The first-order chi connectivity index (χ1) is 16.1. The number of fused-ring (bicyclic) bond motifs is 1. The third kappa shape index (κ3) is 4.65. The predicted octanol–water partition coefficient (Wildman–Crippen LogP) is 3.15. The summed E-state index contributed by atoms with van der Waals surface area (Å²) in [5, 5.41) is 9.97. The molecule has 0 unspecified atom stereocenters. The number of rotatable bonds is 6. The number of aromatic amines is 1. The van der Waals surface area contributed by atoms with Crippen molar-refractivity contribution in [3.63, 3.8) is 0 Å². The van der Waals surface area contributed by atoms with Crippen molar-refractivity contribution in [2.75, 3.05) is 44.0 Å². The molecule has 11 heteroatoms. The number of aryl methyl sites for hydroxylation is 1. The fourth-order valence-corrected chi connectivity index (χ4v) is 4.52. The fourth-order valence-electron chi connectivity index (χ4n) is 3.63. The van der Waals surface area contributed by atoms with Crippen LogP contribution in [0.25, 0.3) is 21.5 Å². The minimum Gasteiger partial charge on any atom is -0.379 e. The minimum atomic E-state index is -0.167. The normalized spacial score (nSPS) is 14.4. The van der Waals surface area contributed by atoms with Gasteiger partial charge in [-0.05, 0) is 37.3 Å². The SMILES string of the molecule is CNc1nc(C)c(-c2ccnc(Nc3ccc4[nH]c(C(=O)NN5CCOCC5)cc4c3)n2)s1. The molecule has 4 aromatic rings. The first kappa shape index (κ1) is 21.3. The molecule has 4 N–H and O–H groups in total. The molecule has 4 heterocycles. The largest absolute Gasteiger partial charge is 0.379 e. The number of hydrogen-bond donors (Lipinski definition) is 4. The highest BCUT2D eigenvalue weighted by molar-refractivity contribution is 7.19. The van der Waals surface area contributed by atoms with Gasteiger partial charge in [0.05, 0.1) is 29.5 Å². The highest BCUT2D eigenvalue weighted by Gasteiger charge is 2.16. The van der Waals surface area contributed by atoms with Crippen LogP contribution < -0.4 is 16.1 Å². The maximum atomic E-state index is 12.6. The molecule has 33 heavy (non-hydrogen) atoms. The Morgan fingerprint density at radius 2 is 2.03 bits per heavy atom. The smallest absolute Gasteiger partial charge is 0.282 e. The second kappa shape index (κ2) is 9.14. The topological polar surface area (TPSA) is 120 Å². The van der Waals surface area contributed by atoms with Crippen LogP contribution in [0.2, 0.25) is 0 Å². The van der Waals surface area contributed by atoms with E-state index in [4.69, 9.17) is 4.74 Å². The van der Waals surface area contributed by atoms with E-state index < -0.39 is 0 Å². The van der Waals surface area contributed by atoms with Gasteiger partial charge in [-0.25, -0.2) is 20.0 Å². The summed E-state index contributed by atoms with van der Waals surface area (Å²) in [6, 6.07) is 9.53. The Labute approximate surface area is 194 Å². The van der Waals surface area contributed by atoms with Crippen molar-refractivity contribution in [3.05, 3.63) is 47.9 Å². The van der Waals surface area contributed by atoms with Gasteiger partial charge in [-0.2, -0.15) is 0 Å². The van der Waals surface area contributed by atoms with Crippen LogP contribution in [-0.4, -0.2) is 64.2 Å². The Morgan fingerprint density at radius 1 is 1.18 bits per heavy atom. The molecule has 10 nitrogen and oxygen atoms in total. The van der Waals surface area contributed by atoms with Gasteiger partial charge in [0.15, 0.2) is 5.13 Å². The first-order valence-electron chi connectivity index (χ1n) is 10.6. The lowest BCUT2D eigenvalue weighted by Gasteiger charge is -2.26. The summed E-state index contributed by atoms with van der Waals surface area (Å²) >= 11 is 1.55. The lowest BCUT2D eigenvalue weighted by Crippen LogP contribution is -2.48. The van der Waals surface area contributed by atoms with E-state index in [0.29, 0.717) is 37.9 Å². The van der Waals surface area contributed by atoms with E-state index in [1.165, 1.54) is 0 Å². The number of hydrogen-bond acceptors (Lipinski definition) is 9. The van der Waals surface area contributed by atoms with E-state index >= 15 is 0 Å². The van der Waals surface area contributed by atoms with E-state index in [2.05, 4.69) is 36.0 Å². The summed E-state index contributed by atoms with van der Waals surface area (Å²) in [7, 11) is 1.85. The summed E-state index contributed by atoms with van der Waals surface area (Å²) in [4.78, 5) is 30.3. The van der Waals surface area contributed by atoms with Gasteiger partial charge < -0.3 is 20.4 Å². The van der Waals surface area contributed by atoms with E-state index in [-0.39, 0.29) is 5.91 Å².